The summed E-state index contributed by atoms with van der Waals surface area (Å²) in [5, 5.41) is 4.17. The molecule has 228 valence electrons. The van der Waals surface area contributed by atoms with Crippen molar-refractivity contribution in [2.24, 2.45) is 0 Å². The van der Waals surface area contributed by atoms with Gasteiger partial charge in [-0.1, -0.05) is 18.2 Å². The van der Waals surface area contributed by atoms with Crippen molar-refractivity contribution in [3.63, 3.8) is 0 Å². The van der Waals surface area contributed by atoms with Crippen molar-refractivity contribution in [2.45, 2.75) is 70.3 Å². The third-order valence-corrected chi connectivity index (χ3v) is 7.47. The summed E-state index contributed by atoms with van der Waals surface area (Å²) in [6.45, 7) is 3.47. The van der Waals surface area contributed by atoms with Crippen LogP contribution in [0.4, 0.5) is 22.0 Å². The number of ether oxygens (including phenoxy) is 1. The highest BCUT2D eigenvalue weighted by Gasteiger charge is 2.48. The van der Waals surface area contributed by atoms with E-state index >= 15 is 0 Å². The zero-order valence-electron chi connectivity index (χ0n) is 23.8. The number of nitrogens with one attached hydrogen (secondary N) is 2. The highest BCUT2D eigenvalue weighted by molar-refractivity contribution is 5.79. The molecule has 3 aromatic rings. The van der Waals surface area contributed by atoms with E-state index in [-0.39, 0.29) is 30.2 Å². The molecule has 0 spiro atoms. The number of aromatic nitrogens is 1. The molecule has 2 aliphatic rings. The number of hydrogen-bond donors (Lipinski definition) is 2. The number of halogens is 5. The summed E-state index contributed by atoms with van der Waals surface area (Å²) < 4.78 is 75.3. The number of nitrogens with zero attached hydrogens (tertiary/aromatic N) is 2. The molecule has 5 rings (SSSR count). The Morgan fingerprint density at radius 2 is 1.77 bits per heavy atom. The van der Waals surface area contributed by atoms with Crippen molar-refractivity contribution >= 4 is 5.91 Å². The first-order chi connectivity index (χ1) is 20.5. The fourth-order valence-electron chi connectivity index (χ4n) is 5.74. The van der Waals surface area contributed by atoms with Gasteiger partial charge >= 0.3 is 6.18 Å². The van der Waals surface area contributed by atoms with Crippen LogP contribution in [0.5, 0.6) is 5.75 Å². The number of hydrogen-bond acceptors (Lipinski definition) is 5. The van der Waals surface area contributed by atoms with Gasteiger partial charge in [0.15, 0.2) is 0 Å². The minimum atomic E-state index is -4.49. The lowest BCUT2D eigenvalue weighted by atomic mass is 9.92. The number of hydrazine groups is 1. The van der Waals surface area contributed by atoms with Gasteiger partial charge in [-0.2, -0.15) is 13.2 Å². The number of pyridine rings is 1. The summed E-state index contributed by atoms with van der Waals surface area (Å²) in [5.74, 6) is -1.42. The van der Waals surface area contributed by atoms with Gasteiger partial charge < -0.3 is 15.1 Å². The van der Waals surface area contributed by atoms with Gasteiger partial charge in [0.05, 0.1) is 17.8 Å². The summed E-state index contributed by atoms with van der Waals surface area (Å²) in [4.78, 5) is 18.0. The van der Waals surface area contributed by atoms with Crippen LogP contribution in [0.1, 0.15) is 56.8 Å². The van der Waals surface area contributed by atoms with Crippen LogP contribution in [-0.2, 0) is 11.2 Å². The summed E-state index contributed by atoms with van der Waals surface area (Å²) in [5.41, 5.74) is 5.43. The van der Waals surface area contributed by atoms with E-state index in [2.05, 4.69) is 15.7 Å². The highest BCUT2D eigenvalue weighted by atomic mass is 19.4. The highest BCUT2D eigenvalue weighted by Crippen LogP contribution is 2.39. The minimum Gasteiger partial charge on any atom is -0.491 e. The maximum Gasteiger partial charge on any atom is 0.409 e. The molecule has 0 bridgehead atoms. The van der Waals surface area contributed by atoms with Gasteiger partial charge in [-0.25, -0.2) is 14.2 Å². The Labute approximate surface area is 246 Å². The number of carbonyl (C=O) groups is 1. The zero-order chi connectivity index (χ0) is 30.7. The Hall–Kier alpha value is -3.99. The second kappa shape index (κ2) is 12.7. The molecule has 2 aromatic carbocycles. The zero-order valence-corrected chi connectivity index (χ0v) is 23.8. The minimum absolute atomic E-state index is 0.00840. The largest absolute Gasteiger partial charge is 0.491 e. The topological polar surface area (TPSA) is 66.5 Å². The van der Waals surface area contributed by atoms with Crippen LogP contribution < -0.4 is 15.5 Å². The summed E-state index contributed by atoms with van der Waals surface area (Å²) in [7, 11) is 0. The molecule has 0 fully saturated rings. The van der Waals surface area contributed by atoms with Gasteiger partial charge in [0.2, 0.25) is 5.91 Å². The molecule has 0 radical (unpaired) electrons. The van der Waals surface area contributed by atoms with Crippen molar-refractivity contribution in [1.29, 1.82) is 0 Å². The molecule has 1 amide bonds. The third-order valence-electron chi connectivity index (χ3n) is 7.47. The molecule has 11 heteroatoms. The molecular formula is C32H33F5N4O2. The van der Waals surface area contributed by atoms with Crippen LogP contribution in [0.15, 0.2) is 72.1 Å². The SMILES string of the molecule is CC(C)Oc1ccc(-c2cccnc2[C@H](Cc2cc(F)cc(F)c2)NC(=O)CN2NC(C(F)(F)F)C3=C2CCCC3)cc1. The molecular weight excluding hydrogens is 567 g/mol. The van der Waals surface area contributed by atoms with Crippen LogP contribution in [0.25, 0.3) is 11.1 Å². The number of benzene rings is 2. The van der Waals surface area contributed by atoms with Crippen molar-refractivity contribution in [3.8, 4) is 16.9 Å². The predicted molar refractivity (Wildman–Crippen MR) is 152 cm³/mol. The summed E-state index contributed by atoms with van der Waals surface area (Å²) in [6.07, 6.45) is -0.816. The molecule has 1 aliphatic heterocycles. The first-order valence-corrected chi connectivity index (χ1v) is 14.3. The van der Waals surface area contributed by atoms with E-state index in [0.717, 1.165) is 18.1 Å². The van der Waals surface area contributed by atoms with Gasteiger partial charge in [-0.15, -0.1) is 0 Å². The van der Waals surface area contributed by atoms with Gasteiger partial charge in [0.1, 0.15) is 30.0 Å². The van der Waals surface area contributed by atoms with E-state index < -0.39 is 35.8 Å². The summed E-state index contributed by atoms with van der Waals surface area (Å²) in [6, 6.07) is 11.3. The Morgan fingerprint density at radius 1 is 1.07 bits per heavy atom. The van der Waals surface area contributed by atoms with Crippen LogP contribution >= 0.6 is 0 Å². The molecule has 1 aliphatic carbocycles. The predicted octanol–water partition coefficient (Wildman–Crippen LogP) is 6.79. The lowest BCUT2D eigenvalue weighted by Crippen LogP contribution is -2.49. The maximum atomic E-state index is 14.1. The Morgan fingerprint density at radius 3 is 2.44 bits per heavy atom. The molecule has 2 N–H and O–H groups in total. The number of amides is 1. The van der Waals surface area contributed by atoms with Gasteiger partial charge in [-0.3, -0.25) is 9.78 Å². The Balaban J connectivity index is 1.44. The molecule has 43 heavy (non-hydrogen) atoms. The average molecular weight is 601 g/mol. The second-order valence-electron chi connectivity index (χ2n) is 11.1. The van der Waals surface area contributed by atoms with Crippen LogP contribution in [-0.4, -0.2) is 40.8 Å². The number of allylic oxidation sites excluding steroid dienone is 1. The van der Waals surface area contributed by atoms with Crippen molar-refractivity contribution in [3.05, 3.63) is 95.0 Å². The second-order valence-corrected chi connectivity index (χ2v) is 11.1. The van der Waals surface area contributed by atoms with Crippen LogP contribution in [0, 0.1) is 11.6 Å². The molecule has 1 aromatic heterocycles. The molecule has 2 atom stereocenters. The first kappa shape index (κ1) is 30.5. The quantitative estimate of drug-likeness (QED) is 0.265. The fraction of sp³-hybridized carbons (Fsp3) is 0.375. The molecule has 6 nitrogen and oxygen atoms in total. The van der Waals surface area contributed by atoms with Crippen molar-refractivity contribution in [2.75, 3.05) is 6.54 Å². The van der Waals surface area contributed by atoms with E-state index in [1.54, 1.807) is 12.3 Å². The molecule has 0 saturated heterocycles. The first-order valence-electron chi connectivity index (χ1n) is 14.3. The standard InChI is InChI=1S/C32H33F5N4O2/c1-19(2)43-24-11-9-21(10-12-24)25-7-5-13-38-30(25)27(16-20-14-22(33)17-23(34)15-20)39-29(42)18-41-28-8-4-3-6-26(28)31(40-41)32(35,36)37/h5,7,9-15,17,19,27,31,40H,3-4,6,8,16,18H2,1-2H3,(H,39,42)/t27-,31?/m0/s1. The normalized spacial score (nSPS) is 17.7. The van der Waals surface area contributed by atoms with E-state index in [1.165, 1.54) is 17.1 Å². The Kier molecular flexibility index (Phi) is 9.00. The third kappa shape index (κ3) is 7.33. The summed E-state index contributed by atoms with van der Waals surface area (Å²) >= 11 is 0. The number of carbonyl (C=O) groups excluding carboxylic acids is 1. The number of alkyl halides is 3. The van der Waals surface area contributed by atoms with E-state index in [0.29, 0.717) is 42.0 Å². The van der Waals surface area contributed by atoms with Crippen LogP contribution in [0.2, 0.25) is 0 Å². The smallest absolute Gasteiger partial charge is 0.409 e. The monoisotopic (exact) mass is 600 g/mol. The van der Waals surface area contributed by atoms with Gasteiger partial charge in [0, 0.05) is 23.5 Å². The average Bonchev–Trinajstić information content (AvgIpc) is 3.31. The van der Waals surface area contributed by atoms with E-state index in [9.17, 15) is 26.7 Å². The van der Waals surface area contributed by atoms with Crippen molar-refractivity contribution < 1.29 is 31.5 Å². The van der Waals surface area contributed by atoms with Gasteiger partial charge in [-0.05, 0) is 93.0 Å². The van der Waals surface area contributed by atoms with E-state index in [4.69, 9.17) is 4.74 Å². The molecule has 0 saturated carbocycles. The fourth-order valence-corrected chi connectivity index (χ4v) is 5.74. The lowest BCUT2D eigenvalue weighted by molar-refractivity contribution is -0.153. The van der Waals surface area contributed by atoms with Crippen LogP contribution in [0.3, 0.4) is 0 Å². The van der Waals surface area contributed by atoms with E-state index in [1.807, 2.05) is 44.2 Å². The van der Waals surface area contributed by atoms with Gasteiger partial charge in [0.25, 0.3) is 0 Å². The Bertz CT molecular complexity index is 1470. The molecule has 2 heterocycles. The maximum absolute atomic E-state index is 14.1. The lowest BCUT2D eigenvalue weighted by Gasteiger charge is -2.26. The number of rotatable bonds is 9. The molecule has 1 unspecified atom stereocenters. The van der Waals surface area contributed by atoms with Crippen molar-refractivity contribution in [1.82, 2.24) is 20.7 Å².